The number of hydrogen-bond acceptors (Lipinski definition) is 5. The number of carbonyl (C=O) groups is 1. The lowest BCUT2D eigenvalue weighted by Crippen LogP contribution is -2.57. The maximum atomic E-state index is 14.8. The molecule has 37 heavy (non-hydrogen) atoms. The maximum Gasteiger partial charge on any atom is 0.248 e. The smallest absolute Gasteiger partial charge is 0.248 e. The number of rotatable bonds is 2. The Kier molecular flexibility index (Phi) is 4.63. The van der Waals surface area contributed by atoms with Crippen LogP contribution in [0.3, 0.4) is 0 Å². The van der Waals surface area contributed by atoms with Crippen LogP contribution in [-0.4, -0.2) is 16.6 Å². The number of aromatic hydroxyl groups is 1. The van der Waals surface area contributed by atoms with Gasteiger partial charge in [-0.05, 0) is 55.5 Å². The molecule has 3 aliphatic heterocycles. The van der Waals surface area contributed by atoms with Gasteiger partial charge in [-0.25, -0.2) is 0 Å². The second kappa shape index (κ2) is 7.39. The number of nitriles is 1. The average Bonchev–Trinajstić information content (AvgIpc) is 3.12. The van der Waals surface area contributed by atoms with Gasteiger partial charge in [0.05, 0.1) is 5.69 Å². The first kappa shape index (κ1) is 23.2. The third-order valence-corrected chi connectivity index (χ3v) is 8.45. The molecule has 0 aromatic heterocycles. The van der Waals surface area contributed by atoms with Crippen LogP contribution in [-0.2, 0) is 22.0 Å². The van der Waals surface area contributed by atoms with Crippen molar-refractivity contribution in [3.8, 4) is 17.6 Å². The SMILES string of the molecule is CCc1cc2c3c(c1)C1(C(=O)N3C(C)(C)CC2(C)c2ccccc2)C(C#N)=C(N)Oc2cc(O)ccc21. The Hall–Kier alpha value is -4.24. The molecule has 0 bridgehead atoms. The highest BCUT2D eigenvalue weighted by Gasteiger charge is 2.64. The van der Waals surface area contributed by atoms with Crippen LogP contribution in [0.5, 0.6) is 11.5 Å². The Morgan fingerprint density at radius 2 is 1.76 bits per heavy atom. The van der Waals surface area contributed by atoms with Gasteiger partial charge in [0, 0.05) is 28.1 Å². The van der Waals surface area contributed by atoms with Crippen molar-refractivity contribution in [2.45, 2.75) is 56.9 Å². The number of carbonyl (C=O) groups excluding carboxylic acids is 1. The second-order valence-electron chi connectivity index (χ2n) is 11.1. The Balaban J connectivity index is 1.79. The molecule has 0 radical (unpaired) electrons. The van der Waals surface area contributed by atoms with Gasteiger partial charge in [0.25, 0.3) is 0 Å². The number of aryl methyl sites for hydroxylation is 1. The van der Waals surface area contributed by atoms with E-state index in [4.69, 9.17) is 10.5 Å². The Morgan fingerprint density at radius 1 is 1.05 bits per heavy atom. The molecule has 6 nitrogen and oxygen atoms in total. The van der Waals surface area contributed by atoms with E-state index in [-0.39, 0.29) is 34.3 Å². The molecule has 0 saturated heterocycles. The molecule has 3 N–H and O–H groups in total. The van der Waals surface area contributed by atoms with E-state index >= 15 is 0 Å². The third kappa shape index (κ3) is 2.77. The highest BCUT2D eigenvalue weighted by Crippen LogP contribution is 2.63. The summed E-state index contributed by atoms with van der Waals surface area (Å²) in [5.41, 5.74) is 9.45. The van der Waals surface area contributed by atoms with Gasteiger partial charge in [-0.1, -0.05) is 56.3 Å². The number of ether oxygens (including phenoxy) is 1. The molecule has 3 aromatic rings. The molecule has 1 amide bonds. The summed E-state index contributed by atoms with van der Waals surface area (Å²) in [7, 11) is 0. The number of hydrogen-bond donors (Lipinski definition) is 2. The summed E-state index contributed by atoms with van der Waals surface area (Å²) >= 11 is 0. The van der Waals surface area contributed by atoms with Crippen molar-refractivity contribution in [2.24, 2.45) is 5.73 Å². The molecule has 0 aliphatic carbocycles. The van der Waals surface area contributed by atoms with Gasteiger partial charge in [-0.15, -0.1) is 0 Å². The highest BCUT2D eigenvalue weighted by molar-refractivity contribution is 6.16. The minimum atomic E-state index is -1.46. The molecular weight excluding hydrogens is 462 g/mol. The molecule has 3 aromatic carbocycles. The van der Waals surface area contributed by atoms with Crippen LogP contribution in [0.25, 0.3) is 0 Å². The van der Waals surface area contributed by atoms with Crippen molar-refractivity contribution < 1.29 is 14.6 Å². The predicted molar refractivity (Wildman–Crippen MR) is 141 cm³/mol. The monoisotopic (exact) mass is 491 g/mol. The maximum absolute atomic E-state index is 14.8. The van der Waals surface area contributed by atoms with Gasteiger partial charge in [0.2, 0.25) is 11.8 Å². The van der Waals surface area contributed by atoms with Crippen molar-refractivity contribution in [3.63, 3.8) is 0 Å². The molecule has 6 heteroatoms. The van der Waals surface area contributed by atoms with Gasteiger partial charge in [-0.2, -0.15) is 5.26 Å². The summed E-state index contributed by atoms with van der Waals surface area (Å²) in [5.74, 6) is -0.0576. The van der Waals surface area contributed by atoms with Crippen molar-refractivity contribution in [3.05, 3.63) is 99.9 Å². The number of amides is 1. The summed E-state index contributed by atoms with van der Waals surface area (Å²) in [6.07, 6.45) is 1.46. The summed E-state index contributed by atoms with van der Waals surface area (Å²) < 4.78 is 5.80. The normalized spacial score (nSPS) is 24.9. The van der Waals surface area contributed by atoms with E-state index in [1.54, 1.807) is 6.07 Å². The van der Waals surface area contributed by atoms with Gasteiger partial charge >= 0.3 is 0 Å². The van der Waals surface area contributed by atoms with Crippen molar-refractivity contribution in [1.82, 2.24) is 0 Å². The lowest BCUT2D eigenvalue weighted by Gasteiger charge is -2.50. The zero-order valence-electron chi connectivity index (χ0n) is 21.4. The topological polar surface area (TPSA) is 99.6 Å². The number of anilines is 1. The lowest BCUT2D eigenvalue weighted by molar-refractivity contribution is -0.122. The first-order valence-corrected chi connectivity index (χ1v) is 12.6. The van der Waals surface area contributed by atoms with Crippen molar-refractivity contribution in [2.75, 3.05) is 4.90 Å². The zero-order valence-corrected chi connectivity index (χ0v) is 21.4. The van der Waals surface area contributed by atoms with Crippen molar-refractivity contribution in [1.29, 1.82) is 5.26 Å². The fourth-order valence-electron chi connectivity index (χ4n) is 6.95. The summed E-state index contributed by atoms with van der Waals surface area (Å²) in [6, 6.07) is 21.6. The fraction of sp³-hybridized carbons (Fsp3) is 0.290. The Labute approximate surface area is 216 Å². The van der Waals surface area contributed by atoms with Gasteiger partial charge in [0.15, 0.2) is 0 Å². The minimum absolute atomic E-state index is 0.00562. The molecule has 1 spiro atoms. The molecule has 3 heterocycles. The summed E-state index contributed by atoms with van der Waals surface area (Å²) in [4.78, 5) is 16.7. The van der Waals surface area contributed by atoms with Crippen LogP contribution in [0.2, 0.25) is 0 Å². The van der Waals surface area contributed by atoms with Crippen LogP contribution >= 0.6 is 0 Å². The lowest BCUT2D eigenvalue weighted by atomic mass is 9.64. The number of fused-ring (bicyclic) bond motifs is 3. The number of phenolic OH excluding ortho intramolecular Hbond substituents is 1. The van der Waals surface area contributed by atoms with E-state index in [1.807, 2.05) is 11.0 Å². The largest absolute Gasteiger partial charge is 0.508 e. The van der Waals surface area contributed by atoms with E-state index in [1.165, 1.54) is 17.7 Å². The molecule has 3 aliphatic rings. The first-order chi connectivity index (χ1) is 17.6. The van der Waals surface area contributed by atoms with E-state index < -0.39 is 11.0 Å². The second-order valence-corrected chi connectivity index (χ2v) is 11.1. The molecule has 2 unspecified atom stereocenters. The van der Waals surface area contributed by atoms with E-state index in [0.717, 1.165) is 28.8 Å². The average molecular weight is 492 g/mol. The van der Waals surface area contributed by atoms with Crippen LogP contribution in [0.4, 0.5) is 5.69 Å². The molecule has 6 rings (SSSR count). The molecule has 186 valence electrons. The van der Waals surface area contributed by atoms with E-state index in [2.05, 4.69) is 70.2 Å². The van der Waals surface area contributed by atoms with Gasteiger partial charge in [-0.3, -0.25) is 4.79 Å². The predicted octanol–water partition coefficient (Wildman–Crippen LogP) is 5.16. The van der Waals surface area contributed by atoms with Crippen molar-refractivity contribution >= 4 is 11.6 Å². The first-order valence-electron chi connectivity index (χ1n) is 12.6. The quantitative estimate of drug-likeness (QED) is 0.516. The number of benzene rings is 3. The van der Waals surface area contributed by atoms with Crippen LogP contribution in [0.15, 0.2) is 72.1 Å². The standard InChI is InChI=1S/C31H29N3O3/c1-5-18-13-22-26-23(14-18)31(21-12-11-20(35)15-25(21)37-27(33)24(31)16-32)28(36)34(26)29(2,3)17-30(22,4)19-9-7-6-8-10-19/h6-15,35H,5,17,33H2,1-4H3. The van der Waals surface area contributed by atoms with Gasteiger partial charge < -0.3 is 20.5 Å². The number of phenols is 1. The van der Waals surface area contributed by atoms with Crippen LogP contribution in [0.1, 0.15) is 61.9 Å². The Bertz CT molecular complexity index is 1570. The van der Waals surface area contributed by atoms with E-state index in [0.29, 0.717) is 12.0 Å². The van der Waals surface area contributed by atoms with Crippen LogP contribution in [0, 0.1) is 11.3 Å². The molecular formula is C31H29N3O3. The zero-order chi connectivity index (χ0) is 26.3. The molecule has 0 fully saturated rings. The molecule has 0 saturated carbocycles. The Morgan fingerprint density at radius 3 is 2.43 bits per heavy atom. The van der Waals surface area contributed by atoms with Crippen LogP contribution < -0.4 is 15.4 Å². The highest BCUT2D eigenvalue weighted by atomic mass is 16.5. The number of nitrogens with zero attached hydrogens (tertiary/aromatic N) is 2. The summed E-state index contributed by atoms with van der Waals surface area (Å²) in [6.45, 7) is 8.51. The van der Waals surface area contributed by atoms with E-state index in [9.17, 15) is 15.2 Å². The third-order valence-electron chi connectivity index (χ3n) is 8.45. The minimum Gasteiger partial charge on any atom is -0.508 e. The summed E-state index contributed by atoms with van der Waals surface area (Å²) in [5, 5.41) is 20.6. The van der Waals surface area contributed by atoms with Gasteiger partial charge in [0.1, 0.15) is 28.6 Å². The fourth-order valence-corrected chi connectivity index (χ4v) is 6.95. The molecule has 2 atom stereocenters. The number of nitrogens with two attached hydrogens (primary N) is 1.